The van der Waals surface area contributed by atoms with Gasteiger partial charge >= 0.3 is 41.9 Å². The van der Waals surface area contributed by atoms with E-state index >= 15 is 0 Å². The second kappa shape index (κ2) is 21.9. The smallest absolute Gasteiger partial charge is 1.00 e. The van der Waals surface area contributed by atoms with Crippen LogP contribution in [0.3, 0.4) is 0 Å². The minimum Gasteiger partial charge on any atom is -1.00 e. The Kier molecular flexibility index (Phi) is 18.1. The van der Waals surface area contributed by atoms with Crippen LogP contribution in [0.4, 0.5) is 0 Å². The molecule has 0 aliphatic heterocycles. The first kappa shape index (κ1) is 44.5. The third kappa shape index (κ3) is 11.4. The summed E-state index contributed by atoms with van der Waals surface area (Å²) in [5.41, 5.74) is 11.7. The molecule has 0 nitrogen and oxygen atoms in total. The summed E-state index contributed by atoms with van der Waals surface area (Å²) in [6, 6.07) is 41.7. The maximum Gasteiger partial charge on any atom is -1.00 e. The minimum absolute atomic E-state index is 0. The molecular weight excluding hydrogens is 791 g/mol. The zero-order chi connectivity index (χ0) is 36.5. The number of aryl methyl sites for hydroxylation is 1. The van der Waals surface area contributed by atoms with E-state index in [4.69, 9.17) is 0 Å². The first-order chi connectivity index (χ1) is 25.3. The Morgan fingerprint density at radius 3 is 1.46 bits per heavy atom. The average molecular weight is 851 g/mol. The monoisotopic (exact) mass is 848 g/mol. The minimum atomic E-state index is 0. The van der Waals surface area contributed by atoms with E-state index in [1.807, 2.05) is 0 Å². The van der Waals surface area contributed by atoms with Gasteiger partial charge in [0.25, 0.3) is 0 Å². The van der Waals surface area contributed by atoms with Crippen LogP contribution in [0, 0.1) is 0 Å². The molecule has 6 aromatic carbocycles. The molecule has 2 fully saturated rings. The molecule has 0 N–H and O–H groups in total. The molecule has 0 spiro atoms. The fraction of sp³-hybridized carbons (Fsp3) is 0.400. The largest absolute Gasteiger partial charge is 1.00 e. The Bertz CT molecular complexity index is 2020. The molecule has 8 rings (SSSR count). The molecule has 0 radical (unpaired) electrons. The van der Waals surface area contributed by atoms with Gasteiger partial charge in [-0.05, 0) is 72.1 Å². The van der Waals surface area contributed by atoms with Crippen LogP contribution in [0.2, 0.25) is 13.1 Å². The number of fused-ring (bicyclic) bond motifs is 2. The molecule has 54 heavy (non-hydrogen) atoms. The Balaban J connectivity index is 0.000000213. The standard InChI is InChI=1S/C25H29.C23H25.C2H6Si.2ClH.Zr/c1-3-18(2)23-16-22-10-7-11-24(25(22)17-23)21-14-12-20(13-15-21)19-8-5-4-6-9-19;1-2-17-15-21-9-6-10-22(23(21)16-17)20-13-11-19(12-14-20)18-7-4-3-5-8-18;1-3-2;;;/h7,10-19H,3-6,8-9H2,1-2H3;6,9-16,18H,2-5,7-8H2,1H3;1-2H3;2*1H;/q2*-1;;;;+2/p-2. The zero-order valence-corrected chi connectivity index (χ0v) is 38.3. The second-order valence-electron chi connectivity index (χ2n) is 15.8. The number of benzene rings is 4. The molecule has 284 valence electrons. The quantitative estimate of drug-likeness (QED) is 0.111. The van der Waals surface area contributed by atoms with Crippen molar-refractivity contribution >= 4 is 27.0 Å². The fourth-order valence-corrected chi connectivity index (χ4v) is 8.52. The van der Waals surface area contributed by atoms with E-state index in [1.54, 1.807) is 28.9 Å². The zero-order valence-electron chi connectivity index (χ0n) is 33.4. The molecule has 2 saturated carbocycles. The first-order valence-electron chi connectivity index (χ1n) is 20.4. The van der Waals surface area contributed by atoms with Gasteiger partial charge in [-0.25, -0.2) is 0 Å². The predicted octanol–water partition coefficient (Wildman–Crippen LogP) is 9.42. The van der Waals surface area contributed by atoms with Crippen molar-refractivity contribution in [2.45, 2.75) is 129 Å². The maximum absolute atomic E-state index is 2.41. The van der Waals surface area contributed by atoms with Gasteiger partial charge in [-0.15, -0.1) is 69.1 Å². The molecule has 0 saturated heterocycles. The van der Waals surface area contributed by atoms with E-state index in [9.17, 15) is 0 Å². The van der Waals surface area contributed by atoms with Gasteiger partial charge in [0.15, 0.2) is 0 Å². The van der Waals surface area contributed by atoms with Crippen molar-refractivity contribution in [3.8, 4) is 22.3 Å². The van der Waals surface area contributed by atoms with Crippen molar-refractivity contribution in [1.82, 2.24) is 0 Å². The summed E-state index contributed by atoms with van der Waals surface area (Å²) in [7, 11) is 0. The van der Waals surface area contributed by atoms with Gasteiger partial charge in [0.05, 0.1) is 0 Å². The Morgan fingerprint density at radius 1 is 0.611 bits per heavy atom. The third-order valence-electron chi connectivity index (χ3n) is 11.8. The Labute approximate surface area is 354 Å². The molecule has 2 aliphatic rings. The molecule has 0 heterocycles. The second-order valence-corrected chi connectivity index (χ2v) is 25.2. The number of halogens is 2. The van der Waals surface area contributed by atoms with Crippen LogP contribution < -0.4 is 24.8 Å². The van der Waals surface area contributed by atoms with Crippen LogP contribution in [0.25, 0.3) is 43.8 Å². The van der Waals surface area contributed by atoms with Crippen LogP contribution >= 0.6 is 0 Å². The van der Waals surface area contributed by atoms with Crippen LogP contribution in [0.15, 0.2) is 109 Å². The topological polar surface area (TPSA) is 0 Å². The van der Waals surface area contributed by atoms with Gasteiger partial charge < -0.3 is 24.8 Å². The molecule has 2 aliphatic carbocycles. The molecule has 0 aromatic heterocycles. The van der Waals surface area contributed by atoms with E-state index < -0.39 is 0 Å². The molecular formula is C50H60Cl2SiZr-2. The van der Waals surface area contributed by atoms with Crippen molar-refractivity contribution in [3.63, 3.8) is 0 Å². The molecule has 0 bridgehead atoms. The van der Waals surface area contributed by atoms with Crippen molar-refractivity contribution in [1.29, 1.82) is 0 Å². The van der Waals surface area contributed by atoms with E-state index in [2.05, 4.69) is 143 Å². The molecule has 1 unspecified atom stereocenters. The van der Waals surface area contributed by atoms with Crippen molar-refractivity contribution in [2.75, 3.05) is 0 Å². The van der Waals surface area contributed by atoms with Crippen LogP contribution in [-0.2, 0) is 29.8 Å². The Hall–Kier alpha value is -2.22. The maximum atomic E-state index is 2.41. The predicted molar refractivity (Wildman–Crippen MR) is 227 cm³/mol. The van der Waals surface area contributed by atoms with Crippen molar-refractivity contribution in [2.24, 2.45) is 0 Å². The van der Waals surface area contributed by atoms with Crippen LogP contribution in [0.1, 0.15) is 131 Å². The van der Waals surface area contributed by atoms with E-state index in [-0.39, 0.29) is 30.2 Å². The number of rotatable bonds is 7. The van der Waals surface area contributed by atoms with E-state index in [0.717, 1.165) is 18.3 Å². The normalized spacial score (nSPS) is 15.2. The van der Waals surface area contributed by atoms with Gasteiger partial charge in [0.1, 0.15) is 0 Å². The van der Waals surface area contributed by atoms with Crippen LogP contribution in [-0.4, -0.2) is 5.43 Å². The summed E-state index contributed by atoms with van der Waals surface area (Å²) in [6.45, 7) is 11.4. The molecule has 1 atom stereocenters. The van der Waals surface area contributed by atoms with E-state index in [1.165, 1.54) is 131 Å². The summed E-state index contributed by atoms with van der Waals surface area (Å²) in [5.74, 6) is 2.21. The summed E-state index contributed by atoms with van der Waals surface area (Å²) < 4.78 is 0. The van der Waals surface area contributed by atoms with Gasteiger partial charge in [0, 0.05) is 0 Å². The van der Waals surface area contributed by atoms with E-state index in [0.29, 0.717) is 5.92 Å². The van der Waals surface area contributed by atoms with Gasteiger partial charge in [0.2, 0.25) is 0 Å². The van der Waals surface area contributed by atoms with Crippen molar-refractivity contribution in [3.05, 3.63) is 131 Å². The average Bonchev–Trinajstić information content (AvgIpc) is 3.83. The van der Waals surface area contributed by atoms with Crippen LogP contribution in [0.5, 0.6) is 0 Å². The third-order valence-corrected chi connectivity index (χ3v) is 11.8. The summed E-state index contributed by atoms with van der Waals surface area (Å²) in [6.07, 6.45) is 16.2. The summed E-state index contributed by atoms with van der Waals surface area (Å²) in [5, 5.41) is 5.55. The van der Waals surface area contributed by atoms with Gasteiger partial charge in [-0.3, -0.25) is 0 Å². The number of hydrogen-bond acceptors (Lipinski definition) is 0. The van der Waals surface area contributed by atoms with Crippen molar-refractivity contribution < 1.29 is 48.1 Å². The molecule has 0 amide bonds. The molecule has 4 heteroatoms. The molecule has 6 aromatic rings. The summed E-state index contributed by atoms with van der Waals surface area (Å²) in [4.78, 5) is 0. The van der Waals surface area contributed by atoms with Gasteiger partial charge in [-0.2, -0.15) is 12.1 Å². The number of hydrogen-bond donors (Lipinski definition) is 0. The SMILES string of the molecule is CCC(C)c1cc2c(-c3ccc(C4CCCCC4)cc3)cccc2[cH-]1.CCc1cc2c(-c3ccc(C4CCCCC4)cc3)cccc2[cH-]1.C[Si](C)=[Zr+2].[Cl-].[Cl-]. The summed E-state index contributed by atoms with van der Waals surface area (Å²) >= 11 is 1.74. The fourth-order valence-electron chi connectivity index (χ4n) is 8.52. The Morgan fingerprint density at radius 2 is 1.04 bits per heavy atom. The first-order valence-corrected chi connectivity index (χ1v) is 26.6. The van der Waals surface area contributed by atoms with Gasteiger partial charge in [-0.1, -0.05) is 138 Å².